The third-order valence-corrected chi connectivity index (χ3v) is 5.19. The molecule has 0 spiro atoms. The molecular weight excluding hydrogens is 388 g/mol. The summed E-state index contributed by atoms with van der Waals surface area (Å²) >= 11 is 6.14. The molecule has 0 atom stereocenters. The number of carbonyl (C=O) groups is 1. The molecule has 0 aliphatic heterocycles. The lowest BCUT2D eigenvalue weighted by Gasteiger charge is -2.15. The molecule has 0 aliphatic carbocycles. The molecule has 0 aliphatic rings. The number of amides is 1. The molecule has 2 aromatic carbocycles. The lowest BCUT2D eigenvalue weighted by Crippen LogP contribution is -2.18. The van der Waals surface area contributed by atoms with E-state index in [9.17, 15) is 13.2 Å². The number of hydrogen-bond donors (Lipinski definition) is 2. The standard InChI is InChI=1S/C19H21ClN2O4S/c1-13(2)26-19-16(20)5-4-6-17(19)22-18(23)12-9-14-7-10-15(11-8-14)27(24,25)21-3/h4-13,21H,1-3H3,(H,22,23)/b12-9+. The molecule has 0 fully saturated rings. The monoisotopic (exact) mass is 408 g/mol. The van der Waals surface area contributed by atoms with Gasteiger partial charge in [0.25, 0.3) is 0 Å². The van der Waals surface area contributed by atoms with Crippen molar-refractivity contribution in [2.24, 2.45) is 0 Å². The highest BCUT2D eigenvalue weighted by Gasteiger charge is 2.12. The molecule has 8 heteroatoms. The summed E-state index contributed by atoms with van der Waals surface area (Å²) in [6.07, 6.45) is 2.84. The molecule has 144 valence electrons. The van der Waals surface area contributed by atoms with Gasteiger partial charge in [-0.1, -0.05) is 29.8 Å². The van der Waals surface area contributed by atoms with E-state index in [1.165, 1.54) is 25.3 Å². The first-order valence-corrected chi connectivity index (χ1v) is 10.1. The fourth-order valence-electron chi connectivity index (χ4n) is 2.19. The first kappa shape index (κ1) is 21.0. The number of benzene rings is 2. The number of sulfonamides is 1. The summed E-state index contributed by atoms with van der Waals surface area (Å²) in [4.78, 5) is 12.4. The molecular formula is C19H21ClN2O4S. The number of anilines is 1. The van der Waals surface area contributed by atoms with Crippen LogP contribution in [0.1, 0.15) is 19.4 Å². The third-order valence-electron chi connectivity index (χ3n) is 3.46. The fraction of sp³-hybridized carbons (Fsp3) is 0.211. The van der Waals surface area contributed by atoms with Gasteiger partial charge in [-0.05, 0) is 56.8 Å². The molecule has 0 unspecified atom stereocenters. The number of carbonyl (C=O) groups excluding carboxylic acids is 1. The molecule has 0 heterocycles. The van der Waals surface area contributed by atoms with Crippen LogP contribution in [0.15, 0.2) is 53.4 Å². The number of rotatable bonds is 7. The number of hydrogen-bond acceptors (Lipinski definition) is 4. The smallest absolute Gasteiger partial charge is 0.248 e. The topological polar surface area (TPSA) is 84.5 Å². The van der Waals surface area contributed by atoms with Gasteiger partial charge in [0.15, 0.2) is 5.75 Å². The molecule has 2 rings (SSSR count). The molecule has 6 nitrogen and oxygen atoms in total. The van der Waals surface area contributed by atoms with Gasteiger partial charge in [-0.25, -0.2) is 13.1 Å². The van der Waals surface area contributed by atoms with E-state index < -0.39 is 10.0 Å². The minimum atomic E-state index is -3.49. The van der Waals surface area contributed by atoms with Gasteiger partial charge in [0, 0.05) is 6.08 Å². The van der Waals surface area contributed by atoms with Crippen LogP contribution in [-0.2, 0) is 14.8 Å². The van der Waals surface area contributed by atoms with Gasteiger partial charge in [-0.15, -0.1) is 0 Å². The predicted molar refractivity (Wildman–Crippen MR) is 108 cm³/mol. The van der Waals surface area contributed by atoms with Crippen LogP contribution in [0.5, 0.6) is 5.75 Å². The molecule has 1 amide bonds. The quantitative estimate of drug-likeness (QED) is 0.684. The Kier molecular flexibility index (Phi) is 7.01. The maximum Gasteiger partial charge on any atom is 0.248 e. The van der Waals surface area contributed by atoms with Crippen molar-refractivity contribution in [3.63, 3.8) is 0 Å². The van der Waals surface area contributed by atoms with Gasteiger partial charge >= 0.3 is 0 Å². The minimum Gasteiger partial charge on any atom is -0.487 e. The maximum absolute atomic E-state index is 12.2. The van der Waals surface area contributed by atoms with E-state index in [1.54, 1.807) is 36.4 Å². The van der Waals surface area contributed by atoms with Crippen molar-refractivity contribution in [3.8, 4) is 5.75 Å². The molecule has 0 aromatic heterocycles. The van der Waals surface area contributed by atoms with Gasteiger partial charge < -0.3 is 10.1 Å². The Hall–Kier alpha value is -2.35. The Morgan fingerprint density at radius 1 is 1.15 bits per heavy atom. The zero-order chi connectivity index (χ0) is 20.0. The van der Waals surface area contributed by atoms with E-state index in [2.05, 4.69) is 10.0 Å². The Morgan fingerprint density at radius 2 is 1.81 bits per heavy atom. The lowest BCUT2D eigenvalue weighted by atomic mass is 10.2. The highest BCUT2D eigenvalue weighted by Crippen LogP contribution is 2.33. The zero-order valence-corrected chi connectivity index (χ0v) is 16.8. The van der Waals surface area contributed by atoms with Crippen molar-refractivity contribution in [1.29, 1.82) is 0 Å². The van der Waals surface area contributed by atoms with Gasteiger partial charge in [-0.2, -0.15) is 0 Å². The summed E-state index contributed by atoms with van der Waals surface area (Å²) in [6.45, 7) is 3.74. The molecule has 0 saturated heterocycles. The first-order chi connectivity index (χ1) is 12.7. The molecule has 2 aromatic rings. The Bertz CT molecular complexity index is 939. The van der Waals surface area contributed by atoms with Crippen LogP contribution in [0, 0.1) is 0 Å². The largest absolute Gasteiger partial charge is 0.487 e. The second-order valence-corrected chi connectivity index (χ2v) is 8.18. The third kappa shape index (κ3) is 5.82. The average Bonchev–Trinajstić information content (AvgIpc) is 2.63. The van der Waals surface area contributed by atoms with Crippen molar-refractivity contribution >= 4 is 39.3 Å². The van der Waals surface area contributed by atoms with E-state index in [1.807, 2.05) is 13.8 Å². The number of nitrogens with one attached hydrogen (secondary N) is 2. The van der Waals surface area contributed by atoms with Gasteiger partial charge in [-0.3, -0.25) is 4.79 Å². The zero-order valence-electron chi connectivity index (χ0n) is 15.2. The molecule has 0 saturated carbocycles. The summed E-state index contributed by atoms with van der Waals surface area (Å²) in [5, 5.41) is 3.14. The van der Waals surface area contributed by atoms with Crippen molar-refractivity contribution < 1.29 is 17.9 Å². The molecule has 2 N–H and O–H groups in total. The molecule has 27 heavy (non-hydrogen) atoms. The summed E-state index contributed by atoms with van der Waals surface area (Å²) in [7, 11) is -2.14. The molecule has 0 radical (unpaired) electrons. The number of ether oxygens (including phenoxy) is 1. The van der Waals surface area contributed by atoms with E-state index in [0.717, 1.165) is 0 Å². The first-order valence-electron chi connectivity index (χ1n) is 8.21. The normalized spacial score (nSPS) is 11.7. The van der Waals surface area contributed by atoms with Crippen LogP contribution in [0.2, 0.25) is 5.02 Å². The van der Waals surface area contributed by atoms with Crippen LogP contribution in [0.3, 0.4) is 0 Å². The fourth-order valence-corrected chi connectivity index (χ4v) is 3.13. The van der Waals surface area contributed by atoms with Crippen LogP contribution >= 0.6 is 11.6 Å². The van der Waals surface area contributed by atoms with Crippen molar-refractivity contribution in [3.05, 3.63) is 59.1 Å². The average molecular weight is 409 g/mol. The second kappa shape index (κ2) is 9.03. The summed E-state index contributed by atoms with van der Waals surface area (Å²) in [5.41, 5.74) is 1.16. The highest BCUT2D eigenvalue weighted by atomic mass is 35.5. The Balaban J connectivity index is 2.11. The van der Waals surface area contributed by atoms with Crippen LogP contribution in [0.25, 0.3) is 6.08 Å². The summed E-state index contributed by atoms with van der Waals surface area (Å²) in [6, 6.07) is 11.3. The number of para-hydroxylation sites is 1. The van der Waals surface area contributed by atoms with Crippen LogP contribution in [-0.4, -0.2) is 27.5 Å². The van der Waals surface area contributed by atoms with Crippen LogP contribution < -0.4 is 14.8 Å². The second-order valence-electron chi connectivity index (χ2n) is 5.88. The molecule has 0 bridgehead atoms. The minimum absolute atomic E-state index is 0.0940. The maximum atomic E-state index is 12.2. The van der Waals surface area contributed by atoms with Crippen LogP contribution in [0.4, 0.5) is 5.69 Å². The van der Waals surface area contributed by atoms with E-state index in [-0.39, 0.29) is 16.9 Å². The highest BCUT2D eigenvalue weighted by molar-refractivity contribution is 7.89. The van der Waals surface area contributed by atoms with Crippen molar-refractivity contribution in [1.82, 2.24) is 4.72 Å². The predicted octanol–water partition coefficient (Wildman–Crippen LogP) is 3.69. The van der Waals surface area contributed by atoms with E-state index >= 15 is 0 Å². The van der Waals surface area contributed by atoms with Gasteiger partial charge in [0.2, 0.25) is 15.9 Å². The number of halogens is 1. The van der Waals surface area contributed by atoms with Gasteiger partial charge in [0.05, 0.1) is 21.7 Å². The van der Waals surface area contributed by atoms with E-state index in [0.29, 0.717) is 22.0 Å². The summed E-state index contributed by atoms with van der Waals surface area (Å²) in [5.74, 6) is 0.0512. The van der Waals surface area contributed by atoms with Gasteiger partial charge in [0.1, 0.15) is 0 Å². The Labute approximate surface area is 164 Å². The van der Waals surface area contributed by atoms with Crippen molar-refractivity contribution in [2.45, 2.75) is 24.8 Å². The van der Waals surface area contributed by atoms with E-state index in [4.69, 9.17) is 16.3 Å². The SMILES string of the molecule is CNS(=O)(=O)c1ccc(/C=C/C(=O)Nc2cccc(Cl)c2OC(C)C)cc1. The summed E-state index contributed by atoms with van der Waals surface area (Å²) < 4.78 is 31.3. The van der Waals surface area contributed by atoms with Crippen molar-refractivity contribution in [2.75, 3.05) is 12.4 Å². The lowest BCUT2D eigenvalue weighted by molar-refractivity contribution is -0.111. The Morgan fingerprint density at radius 3 is 2.41 bits per heavy atom.